The first-order valence-electron chi connectivity index (χ1n) is 5.23. The van der Waals surface area contributed by atoms with Crippen molar-refractivity contribution in [2.24, 2.45) is 5.73 Å². The van der Waals surface area contributed by atoms with Gasteiger partial charge in [0.2, 0.25) is 5.91 Å². The number of primary amides is 1. The number of nitrogens with two attached hydrogens (primary N) is 1. The molecule has 0 saturated heterocycles. The molecule has 1 amide bonds. The summed E-state index contributed by atoms with van der Waals surface area (Å²) in [5.74, 6) is -0.314. The first kappa shape index (κ1) is 16.5. The van der Waals surface area contributed by atoms with Crippen LogP contribution in [0.4, 0.5) is 0 Å². The summed E-state index contributed by atoms with van der Waals surface area (Å²) in [6.45, 7) is 5.86. The first-order valence-corrected chi connectivity index (χ1v) is 6.78. The number of hydroxylamine groups is 1. The predicted molar refractivity (Wildman–Crippen MR) is 76.1 cm³/mol. The van der Waals surface area contributed by atoms with Crippen molar-refractivity contribution >= 4 is 29.2 Å². The number of allylic oxidation sites excluding steroid dienone is 2. The summed E-state index contributed by atoms with van der Waals surface area (Å²) in [4.78, 5) is 16.5. The highest BCUT2D eigenvalue weighted by Gasteiger charge is 2.20. The molecule has 0 fully saturated rings. The van der Waals surface area contributed by atoms with Gasteiger partial charge in [0, 0.05) is 0 Å². The Morgan fingerprint density at radius 2 is 1.94 bits per heavy atom. The molecular weight excluding hydrogens is 260 g/mol. The number of carbonyl (C=O) groups excluding carboxylic acids is 1. The molecule has 0 spiro atoms. The molecular formula is C11H21ClN2O2S. The van der Waals surface area contributed by atoms with Gasteiger partial charge in [0.05, 0.1) is 17.4 Å². The van der Waals surface area contributed by atoms with Crippen molar-refractivity contribution in [1.29, 1.82) is 0 Å². The van der Waals surface area contributed by atoms with E-state index in [0.29, 0.717) is 0 Å². The predicted octanol–water partition coefficient (Wildman–Crippen LogP) is 1.97. The van der Waals surface area contributed by atoms with Gasteiger partial charge in [-0.3, -0.25) is 9.63 Å². The Labute approximate surface area is 111 Å². The molecule has 1 rings (SSSR count). The Bertz CT molecular complexity index is 301. The van der Waals surface area contributed by atoms with Crippen LogP contribution in [0.1, 0.15) is 27.2 Å². The fourth-order valence-electron chi connectivity index (χ4n) is 1.20. The number of nitrogens with one attached hydrogen (secondary N) is 1. The van der Waals surface area contributed by atoms with Gasteiger partial charge >= 0.3 is 0 Å². The highest BCUT2D eigenvalue weighted by molar-refractivity contribution is 8.22. The van der Waals surface area contributed by atoms with Crippen LogP contribution in [0, 0.1) is 0 Å². The van der Waals surface area contributed by atoms with Gasteiger partial charge in [-0.2, -0.15) is 16.4 Å². The normalized spacial score (nSPS) is 17.9. The zero-order valence-corrected chi connectivity index (χ0v) is 12.1. The minimum Gasteiger partial charge on any atom is -0.370 e. The molecule has 0 radical (unpaired) electrons. The second kappa shape index (κ2) is 7.06. The van der Waals surface area contributed by atoms with Crippen molar-refractivity contribution in [2.45, 2.75) is 38.2 Å². The minimum absolute atomic E-state index is 0. The first-order chi connectivity index (χ1) is 7.38. The van der Waals surface area contributed by atoms with Gasteiger partial charge in [-0.15, -0.1) is 12.4 Å². The average Bonchev–Trinajstić information content (AvgIpc) is 2.62. The van der Waals surface area contributed by atoms with Crippen LogP contribution in [0.15, 0.2) is 23.0 Å². The van der Waals surface area contributed by atoms with Crippen LogP contribution >= 0.6 is 23.3 Å². The lowest BCUT2D eigenvalue weighted by Gasteiger charge is -2.28. The maximum atomic E-state index is 11.0. The Morgan fingerprint density at radius 3 is 2.35 bits per heavy atom. The topological polar surface area (TPSA) is 64.3 Å². The zero-order valence-electron chi connectivity index (χ0n) is 10.3. The minimum atomic E-state index is -0.492. The molecule has 1 aliphatic rings. The smallest absolute Gasteiger partial charge is 0.219 e. The van der Waals surface area contributed by atoms with Crippen LogP contribution in [-0.4, -0.2) is 16.9 Å². The van der Waals surface area contributed by atoms with Crippen LogP contribution in [0.5, 0.6) is 0 Å². The number of hydrogen-bond donors (Lipinski definition) is 3. The quantitative estimate of drug-likeness (QED) is 0.533. The molecule has 0 aromatic carbocycles. The number of thiol groups is 1. The Morgan fingerprint density at radius 1 is 1.41 bits per heavy atom. The van der Waals surface area contributed by atoms with E-state index in [0.717, 1.165) is 0 Å². The van der Waals surface area contributed by atoms with Gasteiger partial charge in [0.15, 0.2) is 0 Å². The summed E-state index contributed by atoms with van der Waals surface area (Å²) in [6.07, 6.45) is 4.26. The molecule has 0 saturated carbocycles. The van der Waals surface area contributed by atoms with Gasteiger partial charge in [-0.1, -0.05) is 12.2 Å². The SMILES string of the molecule is CC(C)(C)ON[C@@H](CC(N)=O)[SH]1C=CC=C1.Cl. The third-order valence-electron chi connectivity index (χ3n) is 1.88. The van der Waals surface area contributed by atoms with Crippen molar-refractivity contribution < 1.29 is 9.63 Å². The van der Waals surface area contributed by atoms with Gasteiger partial charge in [0.25, 0.3) is 0 Å². The number of rotatable bonds is 5. The van der Waals surface area contributed by atoms with Crippen LogP contribution in [0.3, 0.4) is 0 Å². The van der Waals surface area contributed by atoms with Crippen LogP contribution in [0.2, 0.25) is 0 Å². The van der Waals surface area contributed by atoms with Crippen molar-refractivity contribution in [3.63, 3.8) is 0 Å². The molecule has 4 nitrogen and oxygen atoms in total. The number of hydrogen-bond acceptors (Lipinski definition) is 3. The monoisotopic (exact) mass is 280 g/mol. The molecule has 100 valence electrons. The second-order valence-corrected chi connectivity index (χ2v) is 6.76. The maximum absolute atomic E-state index is 11.0. The summed E-state index contributed by atoms with van der Waals surface area (Å²) in [7, 11) is -0.492. The molecule has 0 unspecified atom stereocenters. The summed E-state index contributed by atoms with van der Waals surface area (Å²) >= 11 is 0. The van der Waals surface area contributed by atoms with Crippen molar-refractivity contribution in [3.05, 3.63) is 23.0 Å². The van der Waals surface area contributed by atoms with E-state index in [2.05, 4.69) is 16.3 Å². The Hall–Kier alpha value is -0.490. The zero-order chi connectivity index (χ0) is 12.2. The third-order valence-corrected chi connectivity index (χ3v) is 3.92. The van der Waals surface area contributed by atoms with Crippen molar-refractivity contribution in [3.8, 4) is 0 Å². The molecule has 6 heteroatoms. The molecule has 0 aliphatic carbocycles. The van der Waals surface area contributed by atoms with Crippen molar-refractivity contribution in [2.75, 3.05) is 0 Å². The van der Waals surface area contributed by atoms with E-state index < -0.39 is 10.9 Å². The van der Waals surface area contributed by atoms with E-state index in [1.54, 1.807) is 0 Å². The summed E-state index contributed by atoms with van der Waals surface area (Å²) in [5, 5.41) is 4.13. The van der Waals surface area contributed by atoms with E-state index in [9.17, 15) is 4.79 Å². The Kier molecular flexibility index (Phi) is 6.85. The molecule has 1 aliphatic heterocycles. The van der Waals surface area contributed by atoms with E-state index in [4.69, 9.17) is 10.6 Å². The van der Waals surface area contributed by atoms with Gasteiger partial charge in [-0.05, 0) is 31.6 Å². The summed E-state index contributed by atoms with van der Waals surface area (Å²) < 4.78 is 0. The lowest BCUT2D eigenvalue weighted by Crippen LogP contribution is -2.38. The van der Waals surface area contributed by atoms with Gasteiger partial charge in [-0.25, -0.2) is 0 Å². The van der Waals surface area contributed by atoms with Crippen LogP contribution < -0.4 is 11.2 Å². The molecule has 0 aromatic rings. The largest absolute Gasteiger partial charge is 0.370 e. The molecule has 17 heavy (non-hydrogen) atoms. The summed E-state index contributed by atoms with van der Waals surface area (Å²) in [5.41, 5.74) is 7.91. The molecule has 3 N–H and O–H groups in total. The number of carbonyl (C=O) groups is 1. The van der Waals surface area contributed by atoms with E-state index in [1.165, 1.54) is 0 Å². The number of halogens is 1. The Balaban J connectivity index is 0.00000256. The fraction of sp³-hybridized carbons (Fsp3) is 0.545. The van der Waals surface area contributed by atoms with Gasteiger partial charge in [0.1, 0.15) is 0 Å². The molecule has 1 atom stereocenters. The lowest BCUT2D eigenvalue weighted by atomic mass is 10.2. The van der Waals surface area contributed by atoms with E-state index in [-0.39, 0.29) is 35.7 Å². The highest BCUT2D eigenvalue weighted by atomic mass is 35.5. The summed E-state index contributed by atoms with van der Waals surface area (Å²) in [6, 6.07) is 0. The fourth-order valence-corrected chi connectivity index (χ4v) is 2.88. The van der Waals surface area contributed by atoms with E-state index in [1.807, 2.05) is 32.9 Å². The van der Waals surface area contributed by atoms with Crippen molar-refractivity contribution in [1.82, 2.24) is 5.48 Å². The second-order valence-electron chi connectivity index (χ2n) is 4.65. The highest BCUT2D eigenvalue weighted by Crippen LogP contribution is 2.38. The molecule has 1 heterocycles. The standard InChI is InChI=1S/C11H20N2O2S.ClH/c1-11(2,3)15-13-10(8-9(12)14)16-6-4-5-7-16;/h4-7,10,13,16H,8H2,1-3H3,(H2,12,14);1H/t10-;/m1./s1. The van der Waals surface area contributed by atoms with Crippen LogP contribution in [0.25, 0.3) is 0 Å². The van der Waals surface area contributed by atoms with Gasteiger partial charge < -0.3 is 5.73 Å². The maximum Gasteiger partial charge on any atom is 0.219 e. The average molecular weight is 281 g/mol. The molecule has 0 bridgehead atoms. The molecule has 0 aromatic heterocycles. The number of amides is 1. The van der Waals surface area contributed by atoms with E-state index >= 15 is 0 Å². The third kappa shape index (κ3) is 6.73. The van der Waals surface area contributed by atoms with Crippen LogP contribution in [-0.2, 0) is 9.63 Å². The lowest BCUT2D eigenvalue weighted by molar-refractivity contribution is -0.120.